The minimum absolute atomic E-state index is 0.268. The van der Waals surface area contributed by atoms with E-state index in [0.29, 0.717) is 18.0 Å². The van der Waals surface area contributed by atoms with Crippen molar-refractivity contribution in [3.8, 4) is 0 Å². The van der Waals surface area contributed by atoms with Gasteiger partial charge in [0.05, 0.1) is 17.5 Å². The standard InChI is InChI=1S/C19H27NO6S/c1-12-6-8-13(9-7-12)27(21,22)20-10-14(20)16-17(26-19(4,5)25-16)15-11-23-18(2,3)24-15/h6-9,14-17H,10-11H2,1-5H3/t14-,15+,16+,17+,20?/m0/s1. The summed E-state index contributed by atoms with van der Waals surface area (Å²) in [5.74, 6) is -1.48. The average molecular weight is 397 g/mol. The molecule has 27 heavy (non-hydrogen) atoms. The number of nitrogens with zero attached hydrogens (tertiary/aromatic N) is 1. The lowest BCUT2D eigenvalue weighted by Gasteiger charge is -2.23. The Bertz CT molecular complexity index is 819. The molecule has 0 saturated carbocycles. The minimum Gasteiger partial charge on any atom is -0.348 e. The summed E-state index contributed by atoms with van der Waals surface area (Å²) in [7, 11) is -3.55. The van der Waals surface area contributed by atoms with Crippen molar-refractivity contribution in [1.29, 1.82) is 0 Å². The van der Waals surface area contributed by atoms with Crippen molar-refractivity contribution in [1.82, 2.24) is 4.31 Å². The van der Waals surface area contributed by atoms with Crippen molar-refractivity contribution in [2.45, 2.75) is 75.4 Å². The van der Waals surface area contributed by atoms with Crippen LogP contribution in [-0.2, 0) is 29.0 Å². The van der Waals surface area contributed by atoms with E-state index >= 15 is 0 Å². The highest BCUT2D eigenvalue weighted by Crippen LogP contribution is 2.42. The topological polar surface area (TPSA) is 74.1 Å². The van der Waals surface area contributed by atoms with Gasteiger partial charge >= 0.3 is 0 Å². The molecule has 4 rings (SSSR count). The molecule has 1 unspecified atom stereocenters. The molecule has 3 fully saturated rings. The lowest BCUT2D eigenvalue weighted by Crippen LogP contribution is -2.42. The lowest BCUT2D eigenvalue weighted by molar-refractivity contribution is -0.174. The number of rotatable bonds is 4. The van der Waals surface area contributed by atoms with Crippen molar-refractivity contribution in [3.63, 3.8) is 0 Å². The van der Waals surface area contributed by atoms with Crippen LogP contribution in [0.25, 0.3) is 0 Å². The Morgan fingerprint density at radius 1 is 0.963 bits per heavy atom. The van der Waals surface area contributed by atoms with E-state index in [-0.39, 0.29) is 18.2 Å². The highest BCUT2D eigenvalue weighted by molar-refractivity contribution is 7.89. The summed E-state index contributed by atoms with van der Waals surface area (Å²) >= 11 is 0. The first kappa shape index (κ1) is 19.3. The van der Waals surface area contributed by atoms with Gasteiger partial charge in [0.2, 0.25) is 10.0 Å². The van der Waals surface area contributed by atoms with Gasteiger partial charge < -0.3 is 18.9 Å². The van der Waals surface area contributed by atoms with Gasteiger partial charge in [-0.1, -0.05) is 17.7 Å². The molecule has 0 radical (unpaired) electrons. The first-order valence-corrected chi connectivity index (χ1v) is 10.7. The van der Waals surface area contributed by atoms with Crippen molar-refractivity contribution in [2.75, 3.05) is 13.2 Å². The first-order chi connectivity index (χ1) is 12.5. The maximum Gasteiger partial charge on any atom is 0.243 e. The summed E-state index contributed by atoms with van der Waals surface area (Å²) in [5.41, 5.74) is 1.02. The van der Waals surface area contributed by atoms with Crippen LogP contribution in [0.2, 0.25) is 0 Å². The summed E-state index contributed by atoms with van der Waals surface area (Å²) < 4.78 is 51.1. The minimum atomic E-state index is -3.55. The second kappa shape index (κ2) is 6.23. The van der Waals surface area contributed by atoms with Gasteiger partial charge in [0.15, 0.2) is 11.6 Å². The second-order valence-electron chi connectivity index (χ2n) is 8.39. The Labute approximate surface area is 160 Å². The van der Waals surface area contributed by atoms with Crippen LogP contribution in [0, 0.1) is 6.92 Å². The Kier molecular flexibility index (Phi) is 4.46. The Hall–Kier alpha value is -1.03. The van der Waals surface area contributed by atoms with Gasteiger partial charge in [0.25, 0.3) is 0 Å². The molecule has 0 bridgehead atoms. The highest BCUT2D eigenvalue weighted by Gasteiger charge is 2.59. The van der Waals surface area contributed by atoms with Gasteiger partial charge in [-0.3, -0.25) is 0 Å². The lowest BCUT2D eigenvalue weighted by atomic mass is 10.1. The van der Waals surface area contributed by atoms with Crippen molar-refractivity contribution in [2.24, 2.45) is 0 Å². The fourth-order valence-electron chi connectivity index (χ4n) is 3.81. The number of hydrogen-bond acceptors (Lipinski definition) is 6. The zero-order valence-electron chi connectivity index (χ0n) is 16.3. The summed E-state index contributed by atoms with van der Waals surface area (Å²) in [6.07, 6.45) is -1.08. The SMILES string of the molecule is Cc1ccc(S(=O)(=O)N2C[C@H]2[C@H]2OC(C)(C)O[C@@H]2[C@H]2COC(C)(C)O2)cc1. The average Bonchev–Trinajstić information content (AvgIpc) is 3.20. The predicted octanol–water partition coefficient (Wildman–Crippen LogP) is 2.04. The third-order valence-electron chi connectivity index (χ3n) is 5.17. The fraction of sp³-hybridized carbons (Fsp3) is 0.684. The van der Waals surface area contributed by atoms with E-state index in [1.54, 1.807) is 24.3 Å². The van der Waals surface area contributed by atoms with Gasteiger partial charge in [0.1, 0.15) is 18.3 Å². The molecule has 7 nitrogen and oxygen atoms in total. The van der Waals surface area contributed by atoms with E-state index in [2.05, 4.69) is 0 Å². The van der Waals surface area contributed by atoms with Gasteiger partial charge in [0, 0.05) is 6.54 Å². The molecule has 3 aliphatic heterocycles. The molecular weight excluding hydrogens is 370 g/mol. The largest absolute Gasteiger partial charge is 0.348 e. The zero-order chi connectivity index (χ0) is 19.6. The van der Waals surface area contributed by atoms with E-state index in [1.165, 1.54) is 4.31 Å². The molecule has 0 spiro atoms. The Morgan fingerprint density at radius 3 is 2.19 bits per heavy atom. The molecule has 1 aromatic rings. The van der Waals surface area contributed by atoms with Crippen molar-refractivity contribution in [3.05, 3.63) is 29.8 Å². The van der Waals surface area contributed by atoms with E-state index in [9.17, 15) is 8.42 Å². The molecule has 5 atom stereocenters. The molecule has 3 aliphatic rings. The number of hydrogen-bond donors (Lipinski definition) is 0. The normalized spacial score (nSPS) is 37.4. The van der Waals surface area contributed by atoms with E-state index in [4.69, 9.17) is 18.9 Å². The van der Waals surface area contributed by atoms with Crippen molar-refractivity contribution < 1.29 is 27.4 Å². The summed E-state index contributed by atoms with van der Waals surface area (Å²) in [4.78, 5) is 0.298. The number of aryl methyl sites for hydroxylation is 1. The molecule has 0 aliphatic carbocycles. The molecule has 150 valence electrons. The number of benzene rings is 1. The van der Waals surface area contributed by atoms with Crippen LogP contribution < -0.4 is 0 Å². The van der Waals surface area contributed by atoms with E-state index < -0.39 is 27.7 Å². The molecule has 1 aromatic carbocycles. The third kappa shape index (κ3) is 3.66. The fourth-order valence-corrected chi connectivity index (χ4v) is 5.38. The van der Waals surface area contributed by atoms with Gasteiger partial charge in [-0.25, -0.2) is 8.42 Å². The van der Waals surface area contributed by atoms with Crippen LogP contribution in [0.4, 0.5) is 0 Å². The van der Waals surface area contributed by atoms with Gasteiger partial charge in [-0.2, -0.15) is 4.31 Å². The smallest absolute Gasteiger partial charge is 0.243 e. The van der Waals surface area contributed by atoms with Crippen molar-refractivity contribution >= 4 is 10.0 Å². The molecular formula is C19H27NO6S. The Balaban J connectivity index is 1.53. The van der Waals surface area contributed by atoms with Crippen LogP contribution in [-0.4, -0.2) is 61.8 Å². The van der Waals surface area contributed by atoms with Crippen LogP contribution in [0.1, 0.15) is 33.3 Å². The molecule has 3 saturated heterocycles. The van der Waals surface area contributed by atoms with Crippen LogP contribution in [0.5, 0.6) is 0 Å². The zero-order valence-corrected chi connectivity index (χ0v) is 17.2. The molecule has 0 N–H and O–H groups in total. The van der Waals surface area contributed by atoms with Crippen LogP contribution in [0.3, 0.4) is 0 Å². The summed E-state index contributed by atoms with van der Waals surface area (Å²) in [5, 5.41) is 0. The van der Waals surface area contributed by atoms with E-state index in [1.807, 2.05) is 34.6 Å². The predicted molar refractivity (Wildman–Crippen MR) is 97.6 cm³/mol. The van der Waals surface area contributed by atoms with Crippen LogP contribution >= 0.6 is 0 Å². The Morgan fingerprint density at radius 2 is 1.59 bits per heavy atom. The molecule has 8 heteroatoms. The maximum absolute atomic E-state index is 12.9. The molecule has 0 amide bonds. The van der Waals surface area contributed by atoms with E-state index in [0.717, 1.165) is 5.56 Å². The quantitative estimate of drug-likeness (QED) is 0.724. The molecule has 0 aromatic heterocycles. The first-order valence-electron chi connectivity index (χ1n) is 9.24. The third-order valence-corrected chi connectivity index (χ3v) is 7.08. The summed E-state index contributed by atoms with van der Waals surface area (Å²) in [6.45, 7) is 10.1. The maximum atomic E-state index is 12.9. The summed E-state index contributed by atoms with van der Waals surface area (Å²) in [6, 6.07) is 6.63. The van der Waals surface area contributed by atoms with Gasteiger partial charge in [-0.05, 0) is 46.8 Å². The second-order valence-corrected chi connectivity index (χ2v) is 10.3. The molecule has 3 heterocycles. The number of sulfonamides is 1. The highest BCUT2D eigenvalue weighted by atomic mass is 32.2. The monoisotopic (exact) mass is 397 g/mol. The number of ether oxygens (including phenoxy) is 4. The van der Waals surface area contributed by atoms with Gasteiger partial charge in [-0.15, -0.1) is 0 Å². The van der Waals surface area contributed by atoms with Crippen LogP contribution in [0.15, 0.2) is 29.2 Å².